The normalized spacial score (nSPS) is 15.5. The van der Waals surface area contributed by atoms with Crippen LogP contribution in [0.15, 0.2) is 54.6 Å². The topological polar surface area (TPSA) is 85.3 Å². The molecule has 1 saturated heterocycles. The number of amides is 2. The molecule has 1 fully saturated rings. The molecule has 3 aromatic rings. The number of hydrogen-bond donors (Lipinski definition) is 2. The zero-order chi connectivity index (χ0) is 21.8. The number of methoxy groups -OCH3 is 1. The minimum atomic E-state index is -0.380. The first-order valence-electron chi connectivity index (χ1n) is 10.5. The van der Waals surface area contributed by atoms with E-state index in [9.17, 15) is 9.59 Å². The van der Waals surface area contributed by atoms with E-state index < -0.39 is 0 Å². The smallest absolute Gasteiger partial charge is 0.230 e. The minimum Gasteiger partial charge on any atom is -0.497 e. The van der Waals surface area contributed by atoms with Gasteiger partial charge in [0.2, 0.25) is 11.8 Å². The molecule has 2 aromatic carbocycles. The Kier molecular flexibility index (Phi) is 6.02. The number of ether oxygens (including phenoxy) is 1. The van der Waals surface area contributed by atoms with Crippen LogP contribution in [-0.4, -0.2) is 35.2 Å². The van der Waals surface area contributed by atoms with E-state index in [2.05, 4.69) is 34.8 Å². The average Bonchev–Trinajstić information content (AvgIpc) is 3.41. The van der Waals surface area contributed by atoms with E-state index in [1.54, 1.807) is 7.11 Å². The highest BCUT2D eigenvalue weighted by Crippen LogP contribution is 2.28. The molecule has 1 atom stereocenters. The summed E-state index contributed by atoms with van der Waals surface area (Å²) in [7, 11) is 1.63. The third-order valence-corrected chi connectivity index (χ3v) is 5.39. The van der Waals surface area contributed by atoms with E-state index in [1.165, 1.54) is 5.56 Å². The van der Waals surface area contributed by atoms with Gasteiger partial charge in [-0.2, -0.15) is 0 Å². The van der Waals surface area contributed by atoms with Gasteiger partial charge in [0.15, 0.2) is 5.82 Å². The number of aromatic nitrogens is 2. The molecule has 1 aromatic heterocycles. The summed E-state index contributed by atoms with van der Waals surface area (Å²) < 4.78 is 7.08. The number of nitrogens with zero attached hydrogens (tertiary/aromatic N) is 2. The minimum absolute atomic E-state index is 0.0997. The van der Waals surface area contributed by atoms with Crippen LogP contribution in [0.2, 0.25) is 0 Å². The highest BCUT2D eigenvalue weighted by atomic mass is 16.5. The third kappa shape index (κ3) is 4.60. The maximum absolute atomic E-state index is 12.6. The second kappa shape index (κ2) is 9.04. The zero-order valence-corrected chi connectivity index (χ0v) is 17.7. The fourth-order valence-electron chi connectivity index (χ4n) is 3.76. The number of rotatable bonds is 7. The molecule has 0 bridgehead atoms. The van der Waals surface area contributed by atoms with Crippen molar-refractivity contribution in [2.75, 3.05) is 19.0 Å². The molecule has 31 heavy (non-hydrogen) atoms. The molecule has 0 aliphatic carbocycles. The van der Waals surface area contributed by atoms with Gasteiger partial charge in [-0.05, 0) is 42.3 Å². The molecule has 2 N–H and O–H groups in total. The van der Waals surface area contributed by atoms with E-state index in [-0.39, 0.29) is 24.2 Å². The van der Waals surface area contributed by atoms with Gasteiger partial charge in [0.1, 0.15) is 5.75 Å². The average molecular weight is 418 g/mol. The fourth-order valence-corrected chi connectivity index (χ4v) is 3.76. The van der Waals surface area contributed by atoms with Crippen molar-refractivity contribution in [3.63, 3.8) is 0 Å². The molecule has 0 unspecified atom stereocenters. The maximum atomic E-state index is 12.6. The lowest BCUT2D eigenvalue weighted by Gasteiger charge is -2.09. The van der Waals surface area contributed by atoms with Crippen LogP contribution in [0.4, 0.5) is 5.82 Å². The maximum Gasteiger partial charge on any atom is 0.230 e. The van der Waals surface area contributed by atoms with Crippen LogP contribution >= 0.6 is 0 Å². The Balaban J connectivity index is 1.70. The lowest BCUT2D eigenvalue weighted by atomic mass is 10.0. The van der Waals surface area contributed by atoms with Gasteiger partial charge in [-0.25, -0.2) is 4.68 Å². The van der Waals surface area contributed by atoms with E-state index in [0.29, 0.717) is 12.4 Å². The van der Waals surface area contributed by atoms with Crippen molar-refractivity contribution in [2.24, 2.45) is 5.92 Å². The first kappa shape index (κ1) is 20.7. The second-order valence-corrected chi connectivity index (χ2v) is 7.67. The Morgan fingerprint density at radius 1 is 1.23 bits per heavy atom. The predicted octanol–water partition coefficient (Wildman–Crippen LogP) is 3.58. The highest BCUT2D eigenvalue weighted by molar-refractivity contribution is 5.97. The van der Waals surface area contributed by atoms with Crippen molar-refractivity contribution in [3.05, 3.63) is 60.2 Å². The summed E-state index contributed by atoms with van der Waals surface area (Å²) in [5.41, 5.74) is 4.00. The number of benzene rings is 2. The summed E-state index contributed by atoms with van der Waals surface area (Å²) in [6, 6.07) is 17.8. The third-order valence-electron chi connectivity index (χ3n) is 5.39. The summed E-state index contributed by atoms with van der Waals surface area (Å²) in [5, 5.41) is 10.2. The van der Waals surface area contributed by atoms with Gasteiger partial charge in [-0.15, -0.1) is 5.10 Å². The fraction of sp³-hybridized carbons (Fsp3) is 0.292. The molecule has 0 radical (unpaired) electrons. The monoisotopic (exact) mass is 418 g/mol. The zero-order valence-electron chi connectivity index (χ0n) is 17.7. The van der Waals surface area contributed by atoms with Crippen molar-refractivity contribution in [1.29, 1.82) is 0 Å². The van der Waals surface area contributed by atoms with Crippen molar-refractivity contribution in [1.82, 2.24) is 15.1 Å². The molecular weight excluding hydrogens is 392 g/mol. The van der Waals surface area contributed by atoms with Crippen LogP contribution in [0.5, 0.6) is 5.75 Å². The SMILES string of the molecule is CCCc1cccc(-c2cc(NC(=O)[C@H]3CNC(=O)C3)nn2-c2ccc(OC)cc2)c1. The molecule has 160 valence electrons. The predicted molar refractivity (Wildman–Crippen MR) is 119 cm³/mol. The van der Waals surface area contributed by atoms with E-state index in [1.807, 2.05) is 47.1 Å². The van der Waals surface area contributed by atoms with Crippen LogP contribution < -0.4 is 15.4 Å². The van der Waals surface area contributed by atoms with Gasteiger partial charge >= 0.3 is 0 Å². The Labute approximate surface area is 181 Å². The number of hydrogen-bond acceptors (Lipinski definition) is 4. The molecule has 7 nitrogen and oxygen atoms in total. The van der Waals surface area contributed by atoms with Gasteiger partial charge in [-0.3, -0.25) is 9.59 Å². The Morgan fingerprint density at radius 3 is 2.71 bits per heavy atom. The van der Waals surface area contributed by atoms with Gasteiger partial charge in [0.05, 0.1) is 24.4 Å². The van der Waals surface area contributed by atoms with Crippen molar-refractivity contribution < 1.29 is 14.3 Å². The molecule has 0 spiro atoms. The number of anilines is 1. The number of carbonyl (C=O) groups excluding carboxylic acids is 2. The molecule has 1 aliphatic heterocycles. The van der Waals surface area contributed by atoms with E-state index >= 15 is 0 Å². The Bertz CT molecular complexity index is 1090. The van der Waals surface area contributed by atoms with Crippen LogP contribution in [0, 0.1) is 5.92 Å². The lowest BCUT2D eigenvalue weighted by molar-refractivity contribution is -0.123. The first-order chi connectivity index (χ1) is 15.1. The Hall–Kier alpha value is -3.61. The van der Waals surface area contributed by atoms with Gasteiger partial charge in [0, 0.05) is 24.6 Å². The van der Waals surface area contributed by atoms with Crippen LogP contribution in [0.25, 0.3) is 16.9 Å². The van der Waals surface area contributed by atoms with Crippen LogP contribution in [-0.2, 0) is 16.0 Å². The quantitative estimate of drug-likeness (QED) is 0.614. The largest absolute Gasteiger partial charge is 0.497 e. The summed E-state index contributed by atoms with van der Waals surface area (Å²) in [6.07, 6.45) is 2.27. The van der Waals surface area contributed by atoms with Gasteiger partial charge in [-0.1, -0.05) is 31.5 Å². The molecule has 0 saturated carbocycles. The first-order valence-corrected chi connectivity index (χ1v) is 10.5. The van der Waals surface area contributed by atoms with E-state index in [4.69, 9.17) is 4.74 Å². The number of aryl methyl sites for hydroxylation is 1. The standard InChI is InChI=1S/C24H26N4O3/c1-3-5-16-6-4-7-17(12-16)21-14-22(26-24(30)18-13-23(29)25-15-18)27-28(21)19-8-10-20(31-2)11-9-19/h4,6-12,14,18H,3,5,13,15H2,1-2H3,(H,25,29)(H,26,27,30)/t18-/m1/s1. The van der Waals surface area contributed by atoms with Gasteiger partial charge in [0.25, 0.3) is 0 Å². The lowest BCUT2D eigenvalue weighted by Crippen LogP contribution is -2.24. The van der Waals surface area contributed by atoms with Crippen molar-refractivity contribution in [3.8, 4) is 22.7 Å². The summed E-state index contributed by atoms with van der Waals surface area (Å²) in [5.74, 6) is 0.529. The molecule has 4 rings (SSSR count). The summed E-state index contributed by atoms with van der Waals surface area (Å²) in [4.78, 5) is 24.1. The van der Waals surface area contributed by atoms with E-state index in [0.717, 1.165) is 35.5 Å². The highest BCUT2D eigenvalue weighted by Gasteiger charge is 2.28. The second-order valence-electron chi connectivity index (χ2n) is 7.67. The Morgan fingerprint density at radius 2 is 2.03 bits per heavy atom. The summed E-state index contributed by atoms with van der Waals surface area (Å²) >= 11 is 0. The molecule has 2 amide bonds. The molecule has 1 aliphatic rings. The van der Waals surface area contributed by atoms with Gasteiger partial charge < -0.3 is 15.4 Å². The number of carbonyl (C=O) groups is 2. The van der Waals surface area contributed by atoms with Crippen molar-refractivity contribution >= 4 is 17.6 Å². The summed E-state index contributed by atoms with van der Waals surface area (Å²) in [6.45, 7) is 2.51. The molecule has 2 heterocycles. The molecule has 7 heteroatoms. The molecular formula is C24H26N4O3. The van der Waals surface area contributed by atoms with Crippen LogP contribution in [0.1, 0.15) is 25.3 Å². The van der Waals surface area contributed by atoms with Crippen molar-refractivity contribution in [2.45, 2.75) is 26.2 Å². The van der Waals surface area contributed by atoms with Crippen LogP contribution in [0.3, 0.4) is 0 Å². The number of nitrogens with one attached hydrogen (secondary N) is 2.